The van der Waals surface area contributed by atoms with Crippen LogP contribution in [0.25, 0.3) is 0 Å². The van der Waals surface area contributed by atoms with E-state index in [9.17, 15) is 44.8 Å². The van der Waals surface area contributed by atoms with E-state index < -0.39 is 62.2 Å². The highest BCUT2D eigenvalue weighted by molar-refractivity contribution is 7.86. The summed E-state index contributed by atoms with van der Waals surface area (Å²) in [4.78, 5) is 38.4. The highest BCUT2D eigenvalue weighted by atomic mass is 32.2. The molecule has 15 heteroatoms. The van der Waals surface area contributed by atoms with E-state index >= 15 is 0 Å². The number of halogens is 5. The van der Waals surface area contributed by atoms with Gasteiger partial charge >= 0.3 is 33.5 Å². The van der Waals surface area contributed by atoms with Gasteiger partial charge in [-0.3, -0.25) is 19.5 Å². The molecule has 4 bridgehead atoms. The molecule has 0 amide bonds. The fourth-order valence-electron chi connectivity index (χ4n) is 6.78. The van der Waals surface area contributed by atoms with E-state index in [1.54, 1.807) is 13.8 Å². The van der Waals surface area contributed by atoms with Crippen LogP contribution < -0.4 is 5.32 Å². The van der Waals surface area contributed by atoms with Gasteiger partial charge in [-0.15, -0.1) is 0 Å². The fourth-order valence-corrected chi connectivity index (χ4v) is 7.23. The molecule has 4 fully saturated rings. The minimum absolute atomic E-state index is 0.00577. The summed E-state index contributed by atoms with van der Waals surface area (Å²) in [7, 11) is -6.59. The Kier molecular flexibility index (Phi) is 8.78. The van der Waals surface area contributed by atoms with Crippen LogP contribution in [0.4, 0.5) is 22.0 Å². The summed E-state index contributed by atoms with van der Waals surface area (Å²) in [5, 5.41) is -2.80. The molecule has 9 nitrogen and oxygen atoms in total. The molecular formula is C25H36F5NO8S. The largest absolute Gasteiger partial charge is 0.458 e. The van der Waals surface area contributed by atoms with E-state index in [0.29, 0.717) is 32.0 Å². The first-order valence-electron chi connectivity index (χ1n) is 13.3. The predicted octanol–water partition coefficient (Wildman–Crippen LogP) is 4.20. The number of carbonyl (C=O) groups is 3. The summed E-state index contributed by atoms with van der Waals surface area (Å²) in [6.45, 7) is 6.98. The number of carbonyl (C=O) groups excluding carboxylic acids is 3. The minimum Gasteiger partial charge on any atom is -0.458 e. The summed E-state index contributed by atoms with van der Waals surface area (Å²) in [6, 6.07) is -0.663. The van der Waals surface area contributed by atoms with E-state index in [0.717, 1.165) is 0 Å². The second-order valence-electron chi connectivity index (χ2n) is 12.1. The van der Waals surface area contributed by atoms with E-state index in [1.165, 1.54) is 0 Å². The van der Waals surface area contributed by atoms with Gasteiger partial charge in [0.15, 0.2) is 0 Å². The Hall–Kier alpha value is -1.87. The number of ether oxygens (including phenoxy) is 2. The summed E-state index contributed by atoms with van der Waals surface area (Å²) in [6.07, 6.45) is -7.98. The second-order valence-corrected chi connectivity index (χ2v) is 13.5. The first-order chi connectivity index (χ1) is 18.2. The van der Waals surface area contributed by atoms with Crippen molar-refractivity contribution in [1.82, 2.24) is 5.32 Å². The van der Waals surface area contributed by atoms with Gasteiger partial charge in [-0.25, -0.2) is 0 Å². The van der Waals surface area contributed by atoms with Crippen LogP contribution in [0.1, 0.15) is 79.1 Å². The van der Waals surface area contributed by atoms with E-state index in [-0.39, 0.29) is 43.4 Å². The van der Waals surface area contributed by atoms with E-state index in [2.05, 4.69) is 10.1 Å². The van der Waals surface area contributed by atoms with Gasteiger partial charge < -0.3 is 14.3 Å². The molecule has 4 rings (SSSR count). The van der Waals surface area contributed by atoms with Crippen molar-refractivity contribution in [2.75, 3.05) is 0 Å². The Morgan fingerprint density at radius 1 is 1.10 bits per heavy atom. The third-order valence-electron chi connectivity index (χ3n) is 8.97. The first kappa shape index (κ1) is 32.6. The predicted molar refractivity (Wildman–Crippen MR) is 130 cm³/mol. The molecule has 4 aliphatic rings. The van der Waals surface area contributed by atoms with E-state index in [4.69, 9.17) is 9.29 Å². The van der Waals surface area contributed by atoms with Crippen molar-refractivity contribution in [3.05, 3.63) is 0 Å². The third kappa shape index (κ3) is 6.01. The number of alkyl halides is 5. The zero-order valence-corrected chi connectivity index (χ0v) is 23.5. The van der Waals surface area contributed by atoms with Crippen LogP contribution in [0.2, 0.25) is 0 Å². The van der Waals surface area contributed by atoms with Crippen molar-refractivity contribution in [3.63, 3.8) is 0 Å². The molecule has 0 aromatic rings. The minimum atomic E-state index is -6.59. The molecule has 0 heterocycles. The van der Waals surface area contributed by atoms with E-state index in [1.807, 2.05) is 13.8 Å². The summed E-state index contributed by atoms with van der Waals surface area (Å²) < 4.78 is 110. The van der Waals surface area contributed by atoms with Gasteiger partial charge in [0.05, 0.1) is 11.5 Å². The molecule has 0 radical (unpaired) electrons. The van der Waals surface area contributed by atoms with Gasteiger partial charge in [0, 0.05) is 6.42 Å². The lowest BCUT2D eigenvalue weighted by molar-refractivity contribution is -0.270. The maximum absolute atomic E-state index is 14.1. The normalized spacial score (nSPS) is 32.0. The molecule has 2 N–H and O–H groups in total. The summed E-state index contributed by atoms with van der Waals surface area (Å²) in [5.74, 6) is -3.06. The highest BCUT2D eigenvalue weighted by Crippen LogP contribution is 2.63. The van der Waals surface area contributed by atoms with Crippen molar-refractivity contribution in [2.45, 2.75) is 114 Å². The van der Waals surface area contributed by atoms with Crippen LogP contribution in [0.15, 0.2) is 0 Å². The molecule has 4 unspecified atom stereocenters. The standard InChI is InChI=1S/C25H36F5NO8S/c1-5-14(3)17(12-32)31-21(4,6-2)19(33)39-23-10-15-7-16(11-23)9-22(8-15,13-23)20(34)38-18(24(26,27)28)25(29,30)40(35,36)37/h12,14-18,31H,5-11,13H2,1-4H3,(H,35,36,37)/t14-,15?,16?,17+,18?,21?,22?,23?/m0/s1. The van der Waals surface area contributed by atoms with Crippen LogP contribution in [0.3, 0.4) is 0 Å². The first-order valence-corrected chi connectivity index (χ1v) is 14.7. The van der Waals surface area contributed by atoms with Crippen molar-refractivity contribution in [3.8, 4) is 0 Å². The fraction of sp³-hybridized carbons (Fsp3) is 0.880. The van der Waals surface area contributed by atoms with Gasteiger partial charge in [-0.2, -0.15) is 30.4 Å². The smallest absolute Gasteiger partial charge is 0.432 e. The second kappa shape index (κ2) is 10.8. The summed E-state index contributed by atoms with van der Waals surface area (Å²) >= 11 is 0. The SMILES string of the molecule is CC[C@H](C)[C@@H](C=O)NC(C)(CC)C(=O)OC12CC3CC(C1)CC(C(=O)OC(C(F)(F)F)C(F)(F)S(=O)(=O)O)(C3)C2. The molecule has 0 aromatic carbocycles. The Morgan fingerprint density at radius 3 is 2.08 bits per heavy atom. The Bertz CT molecular complexity index is 1100. The lowest BCUT2D eigenvalue weighted by Crippen LogP contribution is -2.64. The van der Waals surface area contributed by atoms with Crippen molar-refractivity contribution in [1.29, 1.82) is 0 Å². The van der Waals surface area contributed by atoms with Gasteiger partial charge in [-0.1, -0.05) is 27.2 Å². The highest BCUT2D eigenvalue weighted by Gasteiger charge is 2.69. The monoisotopic (exact) mass is 605 g/mol. The quantitative estimate of drug-likeness (QED) is 0.145. The molecule has 0 saturated heterocycles. The Labute approximate surface area is 229 Å². The molecule has 40 heavy (non-hydrogen) atoms. The molecule has 230 valence electrons. The van der Waals surface area contributed by atoms with Gasteiger partial charge in [-0.05, 0) is 63.2 Å². The summed E-state index contributed by atoms with van der Waals surface area (Å²) in [5.41, 5.74) is -4.32. The lowest BCUT2D eigenvalue weighted by Gasteiger charge is -2.60. The Balaban J connectivity index is 1.89. The molecular weight excluding hydrogens is 569 g/mol. The van der Waals surface area contributed by atoms with Crippen molar-refractivity contribution in [2.24, 2.45) is 23.2 Å². The number of nitrogens with one attached hydrogen (secondary N) is 1. The molecule has 4 saturated carbocycles. The van der Waals surface area contributed by atoms with Crippen LogP contribution >= 0.6 is 0 Å². The molecule has 0 aliphatic heterocycles. The Morgan fingerprint density at radius 2 is 1.65 bits per heavy atom. The number of hydrogen-bond donors (Lipinski definition) is 2. The number of rotatable bonds is 12. The maximum Gasteiger partial charge on any atom is 0.432 e. The number of aldehydes is 1. The molecule has 4 aliphatic carbocycles. The average Bonchev–Trinajstić information content (AvgIpc) is 2.82. The third-order valence-corrected chi connectivity index (χ3v) is 9.87. The molecule has 0 aromatic heterocycles. The van der Waals surface area contributed by atoms with Crippen molar-refractivity contribution < 1.29 is 58.8 Å². The van der Waals surface area contributed by atoms with Crippen molar-refractivity contribution >= 4 is 28.3 Å². The number of hydrogen-bond acceptors (Lipinski definition) is 8. The number of esters is 2. The van der Waals surface area contributed by atoms with Crippen LogP contribution in [-0.2, 0) is 34.0 Å². The molecule has 0 spiro atoms. The maximum atomic E-state index is 14.1. The molecule has 6 atom stereocenters. The lowest BCUT2D eigenvalue weighted by atomic mass is 9.48. The zero-order valence-electron chi connectivity index (χ0n) is 22.7. The van der Waals surface area contributed by atoms with Gasteiger partial charge in [0.2, 0.25) is 0 Å². The van der Waals surface area contributed by atoms with Gasteiger partial charge in [0.1, 0.15) is 17.4 Å². The zero-order chi connectivity index (χ0) is 30.5. The van der Waals surface area contributed by atoms with Crippen LogP contribution in [0, 0.1) is 23.2 Å². The van der Waals surface area contributed by atoms with Crippen LogP contribution in [0.5, 0.6) is 0 Å². The van der Waals surface area contributed by atoms with Gasteiger partial charge in [0.25, 0.3) is 6.10 Å². The van der Waals surface area contributed by atoms with Crippen LogP contribution in [-0.4, -0.2) is 65.9 Å². The average molecular weight is 606 g/mol. The topological polar surface area (TPSA) is 136 Å².